The van der Waals surface area contributed by atoms with Gasteiger partial charge < -0.3 is 5.11 Å². The third-order valence-corrected chi connectivity index (χ3v) is 4.47. The molecule has 0 fully saturated rings. The van der Waals surface area contributed by atoms with E-state index >= 15 is 0 Å². The summed E-state index contributed by atoms with van der Waals surface area (Å²) < 4.78 is 28.5. The second kappa shape index (κ2) is 8.36. The first-order chi connectivity index (χ1) is 9.53. The smallest absolute Gasteiger partial charge is 0.279 e. The Morgan fingerprint density at radius 1 is 1.15 bits per heavy atom. The molecule has 2 N–H and O–H groups in total. The van der Waals surface area contributed by atoms with Crippen LogP contribution in [0.2, 0.25) is 0 Å². The SMILES string of the molecule is CCCN(CCC)S(=O)(=O)NCc1cccc(CO)c1. The van der Waals surface area contributed by atoms with Crippen LogP contribution in [0.1, 0.15) is 37.8 Å². The summed E-state index contributed by atoms with van der Waals surface area (Å²) in [7, 11) is -3.44. The molecule has 0 spiro atoms. The minimum absolute atomic E-state index is 0.0433. The molecule has 0 atom stereocenters. The summed E-state index contributed by atoms with van der Waals surface area (Å²) in [6, 6.07) is 7.25. The Labute approximate surface area is 121 Å². The molecule has 5 nitrogen and oxygen atoms in total. The molecule has 0 bridgehead atoms. The highest BCUT2D eigenvalue weighted by Crippen LogP contribution is 2.07. The monoisotopic (exact) mass is 300 g/mol. The van der Waals surface area contributed by atoms with Crippen LogP contribution in [-0.4, -0.2) is 30.9 Å². The van der Waals surface area contributed by atoms with Crippen LogP contribution < -0.4 is 4.72 Å². The third-order valence-electron chi connectivity index (χ3n) is 2.92. The first-order valence-corrected chi connectivity index (χ1v) is 8.41. The van der Waals surface area contributed by atoms with Gasteiger partial charge in [-0.2, -0.15) is 17.4 Å². The normalized spacial score (nSPS) is 12.0. The van der Waals surface area contributed by atoms with Crippen molar-refractivity contribution >= 4 is 10.2 Å². The zero-order valence-electron chi connectivity index (χ0n) is 12.2. The van der Waals surface area contributed by atoms with Crippen molar-refractivity contribution in [3.63, 3.8) is 0 Å². The lowest BCUT2D eigenvalue weighted by atomic mass is 10.1. The highest BCUT2D eigenvalue weighted by Gasteiger charge is 2.19. The molecule has 0 aliphatic carbocycles. The first-order valence-electron chi connectivity index (χ1n) is 6.96. The van der Waals surface area contributed by atoms with E-state index in [1.165, 1.54) is 4.31 Å². The Kier molecular flexibility index (Phi) is 7.15. The topological polar surface area (TPSA) is 69.6 Å². The second-order valence-corrected chi connectivity index (χ2v) is 6.46. The van der Waals surface area contributed by atoms with Crippen molar-refractivity contribution in [3.05, 3.63) is 35.4 Å². The van der Waals surface area contributed by atoms with E-state index in [0.29, 0.717) is 13.1 Å². The average molecular weight is 300 g/mol. The van der Waals surface area contributed by atoms with Gasteiger partial charge in [0.25, 0.3) is 10.2 Å². The average Bonchev–Trinajstić information content (AvgIpc) is 2.45. The van der Waals surface area contributed by atoms with Crippen molar-refractivity contribution < 1.29 is 13.5 Å². The van der Waals surface area contributed by atoms with Gasteiger partial charge in [0, 0.05) is 19.6 Å². The van der Waals surface area contributed by atoms with E-state index in [-0.39, 0.29) is 13.2 Å². The highest BCUT2D eigenvalue weighted by atomic mass is 32.2. The Hall–Kier alpha value is -0.950. The minimum Gasteiger partial charge on any atom is -0.392 e. The summed E-state index contributed by atoms with van der Waals surface area (Å²) in [6.45, 7) is 5.17. The summed E-state index contributed by atoms with van der Waals surface area (Å²) >= 11 is 0. The summed E-state index contributed by atoms with van der Waals surface area (Å²) in [6.07, 6.45) is 1.59. The summed E-state index contributed by atoms with van der Waals surface area (Å²) in [4.78, 5) is 0. The fourth-order valence-corrected chi connectivity index (χ4v) is 3.33. The molecule has 0 saturated carbocycles. The molecule has 1 aromatic rings. The molecule has 114 valence electrons. The van der Waals surface area contributed by atoms with Crippen LogP contribution in [-0.2, 0) is 23.4 Å². The number of aliphatic hydroxyl groups is 1. The van der Waals surface area contributed by atoms with E-state index in [9.17, 15) is 8.42 Å². The molecule has 0 aliphatic rings. The van der Waals surface area contributed by atoms with Gasteiger partial charge in [-0.3, -0.25) is 0 Å². The lowest BCUT2D eigenvalue weighted by molar-refractivity contribution is 0.281. The van der Waals surface area contributed by atoms with Crippen LogP contribution in [0.25, 0.3) is 0 Å². The van der Waals surface area contributed by atoms with Crippen molar-refractivity contribution in [1.82, 2.24) is 9.03 Å². The predicted octanol–water partition coefficient (Wildman–Crippen LogP) is 1.64. The fourth-order valence-electron chi connectivity index (χ4n) is 1.95. The van der Waals surface area contributed by atoms with Crippen molar-refractivity contribution in [1.29, 1.82) is 0 Å². The number of aliphatic hydroxyl groups excluding tert-OH is 1. The van der Waals surface area contributed by atoms with E-state index in [4.69, 9.17) is 5.11 Å². The number of nitrogens with one attached hydrogen (secondary N) is 1. The van der Waals surface area contributed by atoms with Gasteiger partial charge in [0.05, 0.1) is 6.61 Å². The largest absolute Gasteiger partial charge is 0.392 e. The van der Waals surface area contributed by atoms with Crippen LogP contribution in [0, 0.1) is 0 Å². The fraction of sp³-hybridized carbons (Fsp3) is 0.571. The first kappa shape index (κ1) is 17.1. The van der Waals surface area contributed by atoms with E-state index in [1.807, 2.05) is 26.0 Å². The van der Waals surface area contributed by atoms with Crippen LogP contribution in [0.15, 0.2) is 24.3 Å². The molecule has 1 rings (SSSR count). The number of nitrogens with zero attached hydrogens (tertiary/aromatic N) is 1. The molecule has 6 heteroatoms. The molecular weight excluding hydrogens is 276 g/mol. The van der Waals surface area contributed by atoms with Crippen LogP contribution >= 0.6 is 0 Å². The van der Waals surface area contributed by atoms with Crippen LogP contribution in [0.5, 0.6) is 0 Å². The van der Waals surface area contributed by atoms with Crippen molar-refractivity contribution in [2.75, 3.05) is 13.1 Å². The summed E-state index contributed by atoms with van der Waals surface area (Å²) in [5, 5.41) is 9.07. The van der Waals surface area contributed by atoms with Crippen molar-refractivity contribution in [2.24, 2.45) is 0 Å². The van der Waals surface area contributed by atoms with Gasteiger partial charge in [-0.1, -0.05) is 38.1 Å². The van der Waals surface area contributed by atoms with E-state index in [1.54, 1.807) is 12.1 Å². The number of rotatable bonds is 9. The molecule has 0 saturated heterocycles. The maximum Gasteiger partial charge on any atom is 0.279 e. The van der Waals surface area contributed by atoms with Crippen molar-refractivity contribution in [2.45, 2.75) is 39.8 Å². The molecule has 1 aromatic carbocycles. The van der Waals surface area contributed by atoms with Gasteiger partial charge in [0.2, 0.25) is 0 Å². The number of benzene rings is 1. The standard InChI is InChI=1S/C14H24N2O3S/c1-3-8-16(9-4-2)20(18,19)15-11-13-6-5-7-14(10-13)12-17/h5-7,10,15,17H,3-4,8-9,11-12H2,1-2H3. The van der Waals surface area contributed by atoms with Gasteiger partial charge in [0.15, 0.2) is 0 Å². The highest BCUT2D eigenvalue weighted by molar-refractivity contribution is 7.87. The third kappa shape index (κ3) is 5.20. The molecule has 0 aliphatic heterocycles. The molecule has 20 heavy (non-hydrogen) atoms. The molecule has 0 aromatic heterocycles. The zero-order chi connectivity index (χ0) is 15.0. The summed E-state index contributed by atoms with van der Waals surface area (Å²) in [5.74, 6) is 0. The molecule has 0 heterocycles. The summed E-state index contributed by atoms with van der Waals surface area (Å²) in [5.41, 5.74) is 1.62. The Balaban J connectivity index is 2.69. The number of hydrogen-bond acceptors (Lipinski definition) is 3. The molecule has 0 unspecified atom stereocenters. The molecular formula is C14H24N2O3S. The zero-order valence-corrected chi connectivity index (χ0v) is 13.0. The lowest BCUT2D eigenvalue weighted by Gasteiger charge is -2.21. The van der Waals surface area contributed by atoms with Crippen LogP contribution in [0.4, 0.5) is 0 Å². The molecule has 0 amide bonds. The predicted molar refractivity (Wildman–Crippen MR) is 80.3 cm³/mol. The van der Waals surface area contributed by atoms with Gasteiger partial charge >= 0.3 is 0 Å². The van der Waals surface area contributed by atoms with Gasteiger partial charge in [-0.15, -0.1) is 0 Å². The Morgan fingerprint density at radius 3 is 2.30 bits per heavy atom. The second-order valence-electron chi connectivity index (χ2n) is 4.70. The Bertz CT molecular complexity index is 497. The van der Waals surface area contributed by atoms with Gasteiger partial charge in [-0.25, -0.2) is 0 Å². The quantitative estimate of drug-likeness (QED) is 0.728. The minimum atomic E-state index is -3.44. The molecule has 0 radical (unpaired) electrons. The van der Waals surface area contributed by atoms with Crippen molar-refractivity contribution in [3.8, 4) is 0 Å². The van der Waals surface area contributed by atoms with E-state index in [0.717, 1.165) is 24.0 Å². The number of hydrogen-bond donors (Lipinski definition) is 2. The maximum atomic E-state index is 12.2. The Morgan fingerprint density at radius 2 is 1.75 bits per heavy atom. The van der Waals surface area contributed by atoms with E-state index < -0.39 is 10.2 Å². The van der Waals surface area contributed by atoms with E-state index in [2.05, 4.69) is 4.72 Å². The van der Waals surface area contributed by atoms with Gasteiger partial charge in [-0.05, 0) is 24.0 Å². The maximum absolute atomic E-state index is 12.2. The lowest BCUT2D eigenvalue weighted by Crippen LogP contribution is -2.41. The van der Waals surface area contributed by atoms with Crippen LogP contribution in [0.3, 0.4) is 0 Å². The van der Waals surface area contributed by atoms with Gasteiger partial charge in [0.1, 0.15) is 0 Å².